The van der Waals surface area contributed by atoms with Crippen molar-refractivity contribution in [2.75, 3.05) is 37.8 Å². The fourth-order valence-electron chi connectivity index (χ4n) is 1.65. The maximum Gasteiger partial charge on any atom is 0.235 e. The van der Waals surface area contributed by atoms with E-state index < -0.39 is 10.0 Å². The van der Waals surface area contributed by atoms with Crippen molar-refractivity contribution in [3.63, 3.8) is 0 Å². The van der Waals surface area contributed by atoms with Crippen molar-refractivity contribution in [1.82, 2.24) is 10.0 Å². The molecule has 0 aliphatic carbocycles. The quantitative estimate of drug-likeness (QED) is 0.409. The Hall–Kier alpha value is -1.64. The molecular weight excluding hydrogens is 306 g/mol. The Labute approximate surface area is 131 Å². The predicted molar refractivity (Wildman–Crippen MR) is 85.9 cm³/mol. The van der Waals surface area contributed by atoms with E-state index in [-0.39, 0.29) is 24.8 Å². The number of ether oxygens (including phenoxy) is 1. The largest absolute Gasteiger partial charge is 0.399 e. The highest BCUT2D eigenvalue weighted by Crippen LogP contribution is 2.05. The molecule has 0 aromatic heterocycles. The van der Waals surface area contributed by atoms with Crippen molar-refractivity contribution in [3.8, 4) is 0 Å². The fourth-order valence-corrected chi connectivity index (χ4v) is 2.49. The van der Waals surface area contributed by atoms with Gasteiger partial charge in [0.05, 0.1) is 18.9 Å². The monoisotopic (exact) mass is 329 g/mol. The molecule has 0 saturated heterocycles. The molecule has 0 bridgehead atoms. The van der Waals surface area contributed by atoms with Gasteiger partial charge in [-0.1, -0.05) is 12.1 Å². The van der Waals surface area contributed by atoms with Gasteiger partial charge >= 0.3 is 0 Å². The zero-order valence-electron chi connectivity index (χ0n) is 12.7. The fraction of sp³-hybridized carbons (Fsp3) is 0.500. The number of hydrogen-bond acceptors (Lipinski definition) is 5. The summed E-state index contributed by atoms with van der Waals surface area (Å²) in [7, 11) is -3.48. The number of carbonyl (C=O) groups excluding carboxylic acids is 1. The average Bonchev–Trinajstić information content (AvgIpc) is 2.48. The van der Waals surface area contributed by atoms with Crippen molar-refractivity contribution < 1.29 is 17.9 Å². The van der Waals surface area contributed by atoms with Gasteiger partial charge in [-0.15, -0.1) is 0 Å². The van der Waals surface area contributed by atoms with Gasteiger partial charge in [-0.25, -0.2) is 13.1 Å². The summed E-state index contributed by atoms with van der Waals surface area (Å²) < 4.78 is 30.3. The molecule has 0 spiro atoms. The van der Waals surface area contributed by atoms with Crippen LogP contribution in [0.5, 0.6) is 0 Å². The molecule has 1 rings (SSSR count). The molecule has 0 radical (unpaired) electrons. The third-order valence-corrected chi connectivity index (χ3v) is 4.16. The van der Waals surface area contributed by atoms with Gasteiger partial charge in [-0.3, -0.25) is 4.79 Å². The molecule has 0 atom stereocenters. The maximum absolute atomic E-state index is 11.6. The minimum absolute atomic E-state index is 0.116. The van der Waals surface area contributed by atoms with E-state index in [2.05, 4.69) is 10.0 Å². The summed E-state index contributed by atoms with van der Waals surface area (Å²) in [5.41, 5.74) is 7.32. The number of rotatable bonds is 10. The summed E-state index contributed by atoms with van der Waals surface area (Å²) in [4.78, 5) is 11.6. The lowest BCUT2D eigenvalue weighted by Crippen LogP contribution is -2.39. The van der Waals surface area contributed by atoms with Crippen LogP contribution < -0.4 is 15.8 Å². The summed E-state index contributed by atoms with van der Waals surface area (Å²) in [6.07, 6.45) is 0.656. The third-order valence-electron chi connectivity index (χ3n) is 2.87. The molecule has 0 aliphatic heterocycles. The van der Waals surface area contributed by atoms with Crippen LogP contribution in [-0.2, 0) is 26.0 Å². The minimum atomic E-state index is -3.48. The zero-order valence-corrected chi connectivity index (χ0v) is 13.5. The summed E-state index contributed by atoms with van der Waals surface area (Å²) in [5, 5.41) is 2.66. The Balaban J connectivity index is 2.21. The summed E-state index contributed by atoms with van der Waals surface area (Å²) >= 11 is 0. The second-order valence-corrected chi connectivity index (χ2v) is 6.60. The lowest BCUT2D eigenvalue weighted by molar-refractivity contribution is -0.119. The molecule has 22 heavy (non-hydrogen) atoms. The number of nitrogens with one attached hydrogen (secondary N) is 2. The first kappa shape index (κ1) is 18.4. The molecule has 1 amide bonds. The van der Waals surface area contributed by atoms with E-state index in [0.29, 0.717) is 25.3 Å². The van der Waals surface area contributed by atoms with Gasteiger partial charge in [-0.05, 0) is 31.0 Å². The van der Waals surface area contributed by atoms with Crippen molar-refractivity contribution in [1.29, 1.82) is 0 Å². The van der Waals surface area contributed by atoms with E-state index in [9.17, 15) is 13.2 Å². The van der Waals surface area contributed by atoms with Crippen LogP contribution in [0.15, 0.2) is 24.3 Å². The van der Waals surface area contributed by atoms with Crippen LogP contribution in [-0.4, -0.2) is 46.4 Å². The van der Waals surface area contributed by atoms with Crippen molar-refractivity contribution in [3.05, 3.63) is 29.8 Å². The van der Waals surface area contributed by atoms with Gasteiger partial charge in [-0.2, -0.15) is 0 Å². The first-order chi connectivity index (χ1) is 10.4. The van der Waals surface area contributed by atoms with Crippen LogP contribution in [0.1, 0.15) is 12.5 Å². The molecule has 1 aromatic rings. The topological polar surface area (TPSA) is 111 Å². The second kappa shape index (κ2) is 9.39. The van der Waals surface area contributed by atoms with Crippen molar-refractivity contribution >= 4 is 21.6 Å². The number of benzene rings is 1. The van der Waals surface area contributed by atoms with Crippen molar-refractivity contribution in [2.45, 2.75) is 13.3 Å². The van der Waals surface area contributed by atoms with Gasteiger partial charge in [0.15, 0.2) is 0 Å². The van der Waals surface area contributed by atoms with Gasteiger partial charge in [0.25, 0.3) is 0 Å². The number of anilines is 1. The maximum atomic E-state index is 11.6. The molecule has 0 saturated carbocycles. The number of amides is 1. The highest BCUT2D eigenvalue weighted by molar-refractivity contribution is 7.89. The molecular formula is C14H23N3O4S. The molecule has 124 valence electrons. The van der Waals surface area contributed by atoms with Crippen LogP contribution in [0, 0.1) is 0 Å². The van der Waals surface area contributed by atoms with Crippen LogP contribution in [0.3, 0.4) is 0 Å². The van der Waals surface area contributed by atoms with E-state index in [1.54, 1.807) is 19.1 Å². The Morgan fingerprint density at radius 3 is 2.59 bits per heavy atom. The van der Waals surface area contributed by atoms with Crippen molar-refractivity contribution in [2.24, 2.45) is 0 Å². The summed E-state index contributed by atoms with van der Waals surface area (Å²) in [5.74, 6) is -0.519. The van der Waals surface area contributed by atoms with Crippen LogP contribution in [0.2, 0.25) is 0 Å². The lowest BCUT2D eigenvalue weighted by Gasteiger charge is -2.08. The van der Waals surface area contributed by atoms with Gasteiger partial charge < -0.3 is 15.8 Å². The van der Waals surface area contributed by atoms with Crippen LogP contribution in [0.4, 0.5) is 5.69 Å². The highest BCUT2D eigenvalue weighted by atomic mass is 32.2. The second-order valence-electron chi connectivity index (χ2n) is 4.68. The molecule has 4 N–H and O–H groups in total. The Morgan fingerprint density at radius 2 is 1.95 bits per heavy atom. The molecule has 0 unspecified atom stereocenters. The number of hydrogen-bond donors (Lipinski definition) is 3. The Bertz CT molecular complexity index is 558. The number of nitrogen functional groups attached to an aromatic ring is 1. The number of sulfonamides is 1. The van der Waals surface area contributed by atoms with E-state index in [0.717, 1.165) is 5.56 Å². The van der Waals surface area contributed by atoms with E-state index in [1.165, 1.54) is 0 Å². The summed E-state index contributed by atoms with van der Waals surface area (Å²) in [6.45, 7) is 2.53. The molecule has 0 aliphatic rings. The molecule has 0 fully saturated rings. The number of nitrogens with two attached hydrogens (primary N) is 1. The molecule has 1 aromatic carbocycles. The average molecular weight is 329 g/mol. The first-order valence-electron chi connectivity index (χ1n) is 7.09. The van der Waals surface area contributed by atoms with Gasteiger partial charge in [0.1, 0.15) is 0 Å². The van der Waals surface area contributed by atoms with Gasteiger partial charge in [0.2, 0.25) is 15.9 Å². The standard InChI is InChI=1S/C14H23N3O4S/c1-2-21-9-10-22(19,20)17-11-14(18)16-8-7-12-3-5-13(15)6-4-12/h3-6,17H,2,7-11,15H2,1H3,(H,16,18). The van der Waals surface area contributed by atoms with E-state index >= 15 is 0 Å². The van der Waals surface area contributed by atoms with Crippen LogP contribution in [0.25, 0.3) is 0 Å². The zero-order chi connectivity index (χ0) is 16.4. The summed E-state index contributed by atoms with van der Waals surface area (Å²) in [6, 6.07) is 7.36. The molecule has 8 heteroatoms. The minimum Gasteiger partial charge on any atom is -0.399 e. The first-order valence-corrected chi connectivity index (χ1v) is 8.74. The third kappa shape index (κ3) is 7.96. The Kier molecular flexibility index (Phi) is 7.86. The highest BCUT2D eigenvalue weighted by Gasteiger charge is 2.11. The SMILES string of the molecule is CCOCCS(=O)(=O)NCC(=O)NCCc1ccc(N)cc1. The van der Waals surface area contributed by atoms with E-state index in [1.807, 2.05) is 12.1 Å². The van der Waals surface area contributed by atoms with Gasteiger partial charge in [0, 0.05) is 18.8 Å². The van der Waals surface area contributed by atoms with Crippen LogP contribution >= 0.6 is 0 Å². The predicted octanol–water partition coefficient (Wildman–Crippen LogP) is -0.117. The molecule has 0 heterocycles. The smallest absolute Gasteiger partial charge is 0.235 e. The number of carbonyl (C=O) groups is 1. The van der Waals surface area contributed by atoms with E-state index in [4.69, 9.17) is 10.5 Å². The normalized spacial score (nSPS) is 11.3. The Morgan fingerprint density at radius 1 is 1.27 bits per heavy atom. The lowest BCUT2D eigenvalue weighted by atomic mass is 10.1. The molecule has 7 nitrogen and oxygen atoms in total.